The molecule has 1 aromatic heterocycles. The Morgan fingerprint density at radius 1 is 1.12 bits per heavy atom. The average Bonchev–Trinajstić information content (AvgIpc) is 3.21. The van der Waals surface area contributed by atoms with E-state index in [9.17, 15) is 9.59 Å². The summed E-state index contributed by atoms with van der Waals surface area (Å²) in [6, 6.07) is 10.0. The fourth-order valence-corrected chi connectivity index (χ4v) is 4.40. The van der Waals surface area contributed by atoms with Gasteiger partial charge < -0.3 is 9.80 Å². The van der Waals surface area contributed by atoms with E-state index in [2.05, 4.69) is 6.07 Å². The molecule has 1 atom stereocenters. The van der Waals surface area contributed by atoms with Crippen LogP contribution < -0.4 is 4.90 Å². The van der Waals surface area contributed by atoms with Gasteiger partial charge in [-0.3, -0.25) is 9.69 Å². The molecule has 130 valence electrons. The van der Waals surface area contributed by atoms with Gasteiger partial charge in [-0.05, 0) is 23.1 Å². The maximum absolute atomic E-state index is 12.5. The quantitative estimate of drug-likeness (QED) is 0.831. The van der Waals surface area contributed by atoms with Gasteiger partial charge in [0.05, 0.1) is 5.56 Å². The summed E-state index contributed by atoms with van der Waals surface area (Å²) >= 11 is 1.55. The van der Waals surface area contributed by atoms with Gasteiger partial charge in [0.1, 0.15) is 0 Å². The Morgan fingerprint density at radius 3 is 2.56 bits per heavy atom. The molecular formula is C19H21N3O2S. The standard InChI is InChI=1S/C19H21N3O2S/c1-20(2)19(24)22-11-16(15-5-3-4-6-17(15)22)14-9-21(10-14)18(23)13-7-8-25-12-13/h3-8,12,14,16H,9-11H2,1-2H3/t16-/m0/s1. The van der Waals surface area contributed by atoms with E-state index in [0.29, 0.717) is 18.4 Å². The zero-order valence-electron chi connectivity index (χ0n) is 14.4. The van der Waals surface area contributed by atoms with Gasteiger partial charge in [0.25, 0.3) is 5.91 Å². The lowest BCUT2D eigenvalue weighted by molar-refractivity contribution is 0.0457. The molecule has 0 aliphatic carbocycles. The Hall–Kier alpha value is -2.34. The highest BCUT2D eigenvalue weighted by molar-refractivity contribution is 7.08. The van der Waals surface area contributed by atoms with Crippen LogP contribution in [0.1, 0.15) is 21.8 Å². The lowest BCUT2D eigenvalue weighted by atomic mass is 9.82. The molecule has 1 aromatic carbocycles. The van der Waals surface area contributed by atoms with Crippen molar-refractivity contribution < 1.29 is 9.59 Å². The molecule has 0 N–H and O–H groups in total. The van der Waals surface area contributed by atoms with E-state index in [1.165, 1.54) is 5.56 Å². The normalized spacial score (nSPS) is 19.5. The number of hydrogen-bond acceptors (Lipinski definition) is 3. The molecule has 0 radical (unpaired) electrons. The number of hydrogen-bond donors (Lipinski definition) is 0. The van der Waals surface area contributed by atoms with Crippen LogP contribution in [-0.2, 0) is 0 Å². The van der Waals surface area contributed by atoms with Crippen molar-refractivity contribution in [1.82, 2.24) is 9.80 Å². The zero-order chi connectivity index (χ0) is 17.6. The molecule has 25 heavy (non-hydrogen) atoms. The average molecular weight is 355 g/mol. The van der Waals surface area contributed by atoms with Crippen LogP contribution in [0.2, 0.25) is 0 Å². The van der Waals surface area contributed by atoms with Crippen molar-refractivity contribution in [3.8, 4) is 0 Å². The minimum Gasteiger partial charge on any atom is -0.338 e. The fourth-order valence-electron chi connectivity index (χ4n) is 3.77. The Balaban J connectivity index is 1.49. The minimum atomic E-state index is 0.0143. The van der Waals surface area contributed by atoms with Gasteiger partial charge in [-0.15, -0.1) is 0 Å². The molecule has 3 heterocycles. The maximum atomic E-state index is 12.5. The molecule has 3 amide bonds. The summed E-state index contributed by atoms with van der Waals surface area (Å²) in [6.07, 6.45) is 0. The smallest absolute Gasteiger partial charge is 0.323 e. The Bertz CT molecular complexity index is 797. The number of nitrogens with zero attached hydrogens (tertiary/aromatic N) is 3. The predicted octanol–water partition coefficient (Wildman–Crippen LogP) is 3.11. The van der Waals surface area contributed by atoms with E-state index in [-0.39, 0.29) is 11.9 Å². The molecule has 5 nitrogen and oxygen atoms in total. The predicted molar refractivity (Wildman–Crippen MR) is 99.3 cm³/mol. The molecule has 2 aliphatic rings. The number of carbonyl (C=O) groups is 2. The highest BCUT2D eigenvalue weighted by atomic mass is 32.1. The van der Waals surface area contributed by atoms with Crippen LogP contribution in [-0.4, -0.2) is 55.5 Å². The molecule has 6 heteroatoms. The molecule has 4 rings (SSSR count). The number of benzene rings is 1. The number of urea groups is 1. The summed E-state index contributed by atoms with van der Waals surface area (Å²) in [5.74, 6) is 0.820. The van der Waals surface area contributed by atoms with Crippen LogP contribution in [0, 0.1) is 5.92 Å². The number of rotatable bonds is 2. The highest BCUT2D eigenvalue weighted by Crippen LogP contribution is 2.43. The van der Waals surface area contributed by atoms with Gasteiger partial charge in [0, 0.05) is 56.6 Å². The van der Waals surface area contributed by atoms with Crippen LogP contribution in [0.15, 0.2) is 41.1 Å². The summed E-state index contributed by atoms with van der Waals surface area (Å²) in [5.41, 5.74) is 3.01. The van der Waals surface area contributed by atoms with Crippen molar-refractivity contribution in [3.63, 3.8) is 0 Å². The summed E-state index contributed by atoms with van der Waals surface area (Å²) in [4.78, 5) is 30.3. The molecule has 0 bridgehead atoms. The summed E-state index contributed by atoms with van der Waals surface area (Å²) in [6.45, 7) is 2.22. The van der Waals surface area contributed by atoms with Gasteiger partial charge >= 0.3 is 6.03 Å². The lowest BCUT2D eigenvalue weighted by Crippen LogP contribution is -2.53. The SMILES string of the molecule is CN(C)C(=O)N1C[C@@H](C2CN(C(=O)c3ccsc3)C2)c2ccccc21. The van der Waals surface area contributed by atoms with Gasteiger partial charge in [0.15, 0.2) is 0 Å². The molecule has 1 saturated heterocycles. The number of amides is 3. The van der Waals surface area contributed by atoms with E-state index >= 15 is 0 Å². The first-order valence-corrected chi connectivity index (χ1v) is 9.39. The van der Waals surface area contributed by atoms with Crippen molar-refractivity contribution in [1.29, 1.82) is 0 Å². The van der Waals surface area contributed by atoms with E-state index in [1.807, 2.05) is 44.8 Å². The molecule has 0 spiro atoms. The van der Waals surface area contributed by atoms with Gasteiger partial charge in [0.2, 0.25) is 0 Å². The van der Waals surface area contributed by atoms with Crippen LogP contribution in [0.5, 0.6) is 0 Å². The number of likely N-dealkylation sites (tertiary alicyclic amines) is 1. The van der Waals surface area contributed by atoms with Crippen LogP contribution in [0.4, 0.5) is 10.5 Å². The zero-order valence-corrected chi connectivity index (χ0v) is 15.2. The molecule has 0 saturated carbocycles. The van der Waals surface area contributed by atoms with E-state index in [0.717, 1.165) is 24.3 Å². The topological polar surface area (TPSA) is 43.9 Å². The minimum absolute atomic E-state index is 0.0143. The van der Waals surface area contributed by atoms with E-state index < -0.39 is 0 Å². The number of para-hydroxylation sites is 1. The highest BCUT2D eigenvalue weighted by Gasteiger charge is 2.43. The summed E-state index contributed by atoms with van der Waals surface area (Å²) < 4.78 is 0. The van der Waals surface area contributed by atoms with Gasteiger partial charge in [-0.1, -0.05) is 18.2 Å². The molecule has 1 fully saturated rings. The van der Waals surface area contributed by atoms with E-state index in [4.69, 9.17) is 0 Å². The van der Waals surface area contributed by atoms with Gasteiger partial charge in [-0.2, -0.15) is 11.3 Å². The molecule has 2 aliphatic heterocycles. The van der Waals surface area contributed by atoms with E-state index in [1.54, 1.807) is 30.3 Å². The second-order valence-corrected chi connectivity index (χ2v) is 7.72. The van der Waals surface area contributed by atoms with Gasteiger partial charge in [-0.25, -0.2) is 4.79 Å². The molecule has 0 unspecified atom stereocenters. The number of thiophene rings is 1. The maximum Gasteiger partial charge on any atom is 0.323 e. The number of anilines is 1. The first kappa shape index (κ1) is 16.1. The van der Waals surface area contributed by atoms with Crippen LogP contribution in [0.25, 0.3) is 0 Å². The lowest BCUT2D eigenvalue weighted by Gasteiger charge is -2.42. The third-order valence-electron chi connectivity index (χ3n) is 5.15. The number of carbonyl (C=O) groups excluding carboxylic acids is 2. The number of fused-ring (bicyclic) bond motifs is 1. The Morgan fingerprint density at radius 2 is 1.88 bits per heavy atom. The molecular weight excluding hydrogens is 334 g/mol. The monoisotopic (exact) mass is 355 g/mol. The first-order valence-electron chi connectivity index (χ1n) is 8.45. The van der Waals surface area contributed by atoms with Crippen molar-refractivity contribution in [2.45, 2.75) is 5.92 Å². The first-order chi connectivity index (χ1) is 12.1. The third-order valence-corrected chi connectivity index (χ3v) is 5.84. The fraction of sp³-hybridized carbons (Fsp3) is 0.368. The second kappa shape index (κ2) is 6.19. The third kappa shape index (κ3) is 2.70. The van der Waals surface area contributed by atoms with Crippen LogP contribution in [0.3, 0.4) is 0 Å². The van der Waals surface area contributed by atoms with Crippen molar-refractivity contribution in [2.75, 3.05) is 38.6 Å². The van der Waals surface area contributed by atoms with Crippen molar-refractivity contribution in [3.05, 3.63) is 52.2 Å². The Labute approximate surface area is 151 Å². The van der Waals surface area contributed by atoms with Crippen molar-refractivity contribution >= 4 is 29.0 Å². The molecule has 2 aromatic rings. The van der Waals surface area contributed by atoms with Crippen molar-refractivity contribution in [2.24, 2.45) is 5.92 Å². The summed E-state index contributed by atoms with van der Waals surface area (Å²) in [5, 5.41) is 3.83. The van der Waals surface area contributed by atoms with Crippen LogP contribution >= 0.6 is 11.3 Å². The Kier molecular flexibility index (Phi) is 4.00. The second-order valence-electron chi connectivity index (χ2n) is 6.94. The largest absolute Gasteiger partial charge is 0.338 e. The summed E-state index contributed by atoms with van der Waals surface area (Å²) in [7, 11) is 3.56.